The molecule has 0 atom stereocenters. The van der Waals surface area contributed by atoms with Crippen LogP contribution >= 0.6 is 0 Å². The van der Waals surface area contributed by atoms with Crippen molar-refractivity contribution in [1.29, 1.82) is 0 Å². The van der Waals surface area contributed by atoms with Crippen LogP contribution in [-0.4, -0.2) is 39.3 Å². The van der Waals surface area contributed by atoms with Gasteiger partial charge in [0.2, 0.25) is 0 Å². The van der Waals surface area contributed by atoms with Crippen molar-refractivity contribution < 1.29 is 28.8 Å². The Hall–Kier alpha value is -3.41. The van der Waals surface area contributed by atoms with Crippen LogP contribution in [0.4, 0.5) is 0 Å². The quantitative estimate of drug-likeness (QED) is 0.592. The van der Waals surface area contributed by atoms with Gasteiger partial charge in [-0.3, -0.25) is 4.79 Å². The van der Waals surface area contributed by atoms with Gasteiger partial charge in [-0.15, -0.1) is 0 Å². The predicted octanol–water partition coefficient (Wildman–Crippen LogP) is 3.79. The van der Waals surface area contributed by atoms with E-state index in [2.05, 4.69) is 0 Å². The predicted molar refractivity (Wildman–Crippen MR) is 101 cm³/mol. The van der Waals surface area contributed by atoms with E-state index in [0.717, 1.165) is 11.1 Å². The molecule has 1 aliphatic carbocycles. The van der Waals surface area contributed by atoms with Crippen LogP contribution in [0, 0.1) is 0 Å². The molecule has 0 fully saturated rings. The van der Waals surface area contributed by atoms with Crippen molar-refractivity contribution in [2.45, 2.75) is 0 Å². The van der Waals surface area contributed by atoms with E-state index in [1.807, 2.05) is 0 Å². The summed E-state index contributed by atoms with van der Waals surface area (Å²) in [7, 11) is 6.14. The number of phenolic OH excluding ortho intramolecular Hbond substituents is 1. The SMILES string of the molecule is COc1cc2c(cc1OC)-c1c(cc(O)c3cc(OC)c(OC)cc13)C2=O. The summed E-state index contributed by atoms with van der Waals surface area (Å²) in [6.07, 6.45) is 0. The lowest BCUT2D eigenvalue weighted by atomic mass is 9.96. The molecular formula is C21H18O6. The van der Waals surface area contributed by atoms with E-state index in [1.54, 1.807) is 38.5 Å². The Morgan fingerprint density at radius 1 is 0.630 bits per heavy atom. The lowest BCUT2D eigenvalue weighted by Gasteiger charge is -2.14. The minimum absolute atomic E-state index is 0.00443. The molecule has 0 saturated carbocycles. The molecule has 0 saturated heterocycles. The van der Waals surface area contributed by atoms with Crippen molar-refractivity contribution in [2.24, 2.45) is 0 Å². The smallest absolute Gasteiger partial charge is 0.194 e. The molecule has 1 aliphatic rings. The summed E-state index contributed by atoms with van der Waals surface area (Å²) in [5, 5.41) is 11.8. The average Bonchev–Trinajstić information content (AvgIpc) is 2.97. The molecule has 6 heteroatoms. The van der Waals surface area contributed by atoms with Crippen molar-refractivity contribution in [1.82, 2.24) is 0 Å². The van der Waals surface area contributed by atoms with Crippen LogP contribution in [-0.2, 0) is 0 Å². The monoisotopic (exact) mass is 366 g/mol. The van der Waals surface area contributed by atoms with Crippen LogP contribution in [0.1, 0.15) is 15.9 Å². The standard InChI is InChI=1S/C21H18O6/c1-24-16-6-10-11(7-17(16)25-2)20-12-8-18(26-3)19(27-4)9-13(12)21(23)14(20)5-15(10)22/h5-9,22H,1-4H3. The average molecular weight is 366 g/mol. The lowest BCUT2D eigenvalue weighted by molar-refractivity contribution is 0.104. The van der Waals surface area contributed by atoms with Gasteiger partial charge < -0.3 is 24.1 Å². The van der Waals surface area contributed by atoms with Crippen molar-refractivity contribution in [2.75, 3.05) is 28.4 Å². The van der Waals surface area contributed by atoms with Crippen LogP contribution in [0.25, 0.3) is 21.9 Å². The molecule has 1 N–H and O–H groups in total. The van der Waals surface area contributed by atoms with Crippen LogP contribution < -0.4 is 18.9 Å². The molecule has 138 valence electrons. The molecule has 3 aromatic carbocycles. The van der Waals surface area contributed by atoms with E-state index in [9.17, 15) is 9.90 Å². The number of aromatic hydroxyl groups is 1. The maximum atomic E-state index is 13.0. The molecule has 0 unspecified atom stereocenters. The highest BCUT2D eigenvalue weighted by atomic mass is 16.5. The van der Waals surface area contributed by atoms with Gasteiger partial charge in [0.1, 0.15) is 5.75 Å². The van der Waals surface area contributed by atoms with Crippen LogP contribution in [0.2, 0.25) is 0 Å². The van der Waals surface area contributed by atoms with Gasteiger partial charge in [0.05, 0.1) is 28.4 Å². The molecule has 0 aliphatic heterocycles. The van der Waals surface area contributed by atoms with Gasteiger partial charge in [-0.2, -0.15) is 0 Å². The zero-order chi connectivity index (χ0) is 19.3. The minimum Gasteiger partial charge on any atom is -0.507 e. The molecule has 4 rings (SSSR count). The topological polar surface area (TPSA) is 74.2 Å². The Labute approximate surface area is 155 Å². The summed E-state index contributed by atoms with van der Waals surface area (Å²) in [5.41, 5.74) is 2.39. The molecule has 0 bridgehead atoms. The normalized spacial score (nSPS) is 11.9. The van der Waals surface area contributed by atoms with Gasteiger partial charge in [0.25, 0.3) is 0 Å². The van der Waals surface area contributed by atoms with Crippen molar-refractivity contribution in [3.8, 4) is 39.9 Å². The Morgan fingerprint density at radius 2 is 1.11 bits per heavy atom. The maximum absolute atomic E-state index is 13.0. The third kappa shape index (κ3) is 2.30. The Morgan fingerprint density at radius 3 is 1.67 bits per heavy atom. The Balaban J connectivity index is 2.12. The van der Waals surface area contributed by atoms with Crippen molar-refractivity contribution in [3.63, 3.8) is 0 Å². The zero-order valence-corrected chi connectivity index (χ0v) is 15.4. The molecule has 0 heterocycles. The summed E-state index contributed by atoms with van der Waals surface area (Å²) in [6.45, 7) is 0. The van der Waals surface area contributed by atoms with E-state index in [0.29, 0.717) is 44.9 Å². The number of ketones is 1. The number of benzene rings is 3. The van der Waals surface area contributed by atoms with Gasteiger partial charge in [-0.1, -0.05) is 0 Å². The molecule has 0 aromatic heterocycles. The molecule has 3 aromatic rings. The molecule has 27 heavy (non-hydrogen) atoms. The molecule has 6 nitrogen and oxygen atoms in total. The number of carbonyl (C=O) groups is 1. The molecule has 0 spiro atoms. The summed E-state index contributed by atoms with van der Waals surface area (Å²) < 4.78 is 21.5. The zero-order valence-electron chi connectivity index (χ0n) is 15.4. The van der Waals surface area contributed by atoms with Crippen LogP contribution in [0.15, 0.2) is 30.3 Å². The molecule has 0 radical (unpaired) electrons. The number of rotatable bonds is 4. The van der Waals surface area contributed by atoms with Gasteiger partial charge in [-0.05, 0) is 41.3 Å². The molecular weight excluding hydrogens is 348 g/mol. The highest BCUT2D eigenvalue weighted by molar-refractivity contribution is 6.27. The number of methoxy groups -OCH3 is 4. The Bertz CT molecular complexity index is 1100. The van der Waals surface area contributed by atoms with E-state index >= 15 is 0 Å². The van der Waals surface area contributed by atoms with Gasteiger partial charge in [-0.25, -0.2) is 0 Å². The van der Waals surface area contributed by atoms with Gasteiger partial charge in [0.15, 0.2) is 28.8 Å². The van der Waals surface area contributed by atoms with Crippen LogP contribution in [0.3, 0.4) is 0 Å². The van der Waals surface area contributed by atoms with Gasteiger partial charge >= 0.3 is 0 Å². The van der Waals surface area contributed by atoms with Crippen molar-refractivity contribution in [3.05, 3.63) is 41.5 Å². The largest absolute Gasteiger partial charge is 0.507 e. The van der Waals surface area contributed by atoms with E-state index in [4.69, 9.17) is 18.9 Å². The Kier molecular flexibility index (Phi) is 3.84. The van der Waals surface area contributed by atoms with Gasteiger partial charge in [0, 0.05) is 22.1 Å². The first kappa shape index (κ1) is 17.0. The fourth-order valence-electron chi connectivity index (χ4n) is 3.62. The number of carbonyl (C=O) groups excluding carboxylic acids is 1. The lowest BCUT2D eigenvalue weighted by Crippen LogP contribution is -1.97. The second kappa shape index (κ2) is 6.09. The highest BCUT2D eigenvalue weighted by Crippen LogP contribution is 2.49. The summed E-state index contributed by atoms with van der Waals surface area (Å²) >= 11 is 0. The first-order valence-electron chi connectivity index (χ1n) is 8.26. The van der Waals surface area contributed by atoms with E-state index in [-0.39, 0.29) is 11.5 Å². The fraction of sp³-hybridized carbons (Fsp3) is 0.190. The maximum Gasteiger partial charge on any atom is 0.194 e. The van der Waals surface area contributed by atoms with Crippen LogP contribution in [0.5, 0.6) is 28.7 Å². The third-order valence-corrected chi connectivity index (χ3v) is 4.90. The van der Waals surface area contributed by atoms with E-state index in [1.165, 1.54) is 20.3 Å². The fourth-order valence-corrected chi connectivity index (χ4v) is 3.62. The number of hydrogen-bond donors (Lipinski definition) is 1. The van der Waals surface area contributed by atoms with E-state index < -0.39 is 0 Å². The second-order valence-electron chi connectivity index (χ2n) is 6.15. The third-order valence-electron chi connectivity index (χ3n) is 4.90. The number of ether oxygens (including phenoxy) is 4. The number of phenols is 1. The number of hydrogen-bond acceptors (Lipinski definition) is 6. The minimum atomic E-state index is -0.173. The summed E-state index contributed by atoms with van der Waals surface area (Å²) in [5.74, 6) is 1.85. The van der Waals surface area contributed by atoms with Crippen molar-refractivity contribution >= 4 is 16.6 Å². The molecule has 0 amide bonds. The first-order valence-corrected chi connectivity index (χ1v) is 8.26. The summed E-state index contributed by atoms with van der Waals surface area (Å²) in [4.78, 5) is 13.0. The second-order valence-corrected chi connectivity index (χ2v) is 6.15. The highest BCUT2D eigenvalue weighted by Gasteiger charge is 2.32. The first-order chi connectivity index (χ1) is 13.0. The number of fused-ring (bicyclic) bond motifs is 5. The summed E-state index contributed by atoms with van der Waals surface area (Å²) in [6, 6.07) is 8.41.